The predicted molar refractivity (Wildman–Crippen MR) is 90.9 cm³/mol. The largest absolute Gasteiger partial charge is 0.485 e. The summed E-state index contributed by atoms with van der Waals surface area (Å²) in [4.78, 5) is 23.3. The fourth-order valence-electron chi connectivity index (χ4n) is 1.98. The number of pyridine rings is 1. The molecule has 6 nitrogen and oxygen atoms in total. The van der Waals surface area contributed by atoms with Gasteiger partial charge in [0.05, 0.1) is 11.9 Å². The molecule has 7 heteroatoms. The monoisotopic (exact) mass is 334 g/mol. The smallest absolute Gasteiger partial charge is 0.263 e. The molecule has 2 rings (SSSR count). The Morgan fingerprint density at radius 2 is 2.26 bits per heavy atom. The number of nitrogens with one attached hydrogen (secondary N) is 1. The second-order valence-electron chi connectivity index (χ2n) is 5.41. The standard InChI is InChI=1S/C16H22N4O2S/c1-12-15(16(21)18-8-5-9-20(2)3)23-14(19-12)11-22-13-6-4-7-17-10-13/h4,6-7,10H,5,8-9,11H2,1-3H3,(H,18,21). The van der Waals surface area contributed by atoms with Gasteiger partial charge in [0.15, 0.2) is 0 Å². The van der Waals surface area contributed by atoms with Crippen molar-refractivity contribution in [3.05, 3.63) is 40.1 Å². The number of rotatable bonds is 8. The number of hydrogen-bond acceptors (Lipinski definition) is 6. The van der Waals surface area contributed by atoms with Gasteiger partial charge in [-0.1, -0.05) is 0 Å². The van der Waals surface area contributed by atoms with Crippen molar-refractivity contribution in [2.45, 2.75) is 20.0 Å². The van der Waals surface area contributed by atoms with E-state index in [9.17, 15) is 4.79 Å². The Balaban J connectivity index is 1.86. The second-order valence-corrected chi connectivity index (χ2v) is 6.50. The third-order valence-electron chi connectivity index (χ3n) is 3.11. The number of carbonyl (C=O) groups is 1. The minimum atomic E-state index is -0.0635. The lowest BCUT2D eigenvalue weighted by molar-refractivity contribution is 0.0955. The molecule has 0 spiro atoms. The molecule has 0 bridgehead atoms. The van der Waals surface area contributed by atoms with Crippen molar-refractivity contribution in [3.8, 4) is 5.75 Å². The van der Waals surface area contributed by atoms with Crippen LogP contribution in [-0.4, -0.2) is 48.0 Å². The normalized spacial score (nSPS) is 10.8. The lowest BCUT2D eigenvalue weighted by Crippen LogP contribution is -2.26. The highest BCUT2D eigenvalue weighted by molar-refractivity contribution is 7.13. The van der Waals surface area contributed by atoms with Gasteiger partial charge in [0, 0.05) is 12.7 Å². The van der Waals surface area contributed by atoms with E-state index in [1.807, 2.05) is 33.2 Å². The van der Waals surface area contributed by atoms with Gasteiger partial charge in [-0.3, -0.25) is 9.78 Å². The Kier molecular flexibility index (Phi) is 6.49. The molecule has 0 aliphatic rings. The summed E-state index contributed by atoms with van der Waals surface area (Å²) in [6.45, 7) is 3.80. The number of ether oxygens (including phenoxy) is 1. The number of hydrogen-bond donors (Lipinski definition) is 1. The van der Waals surface area contributed by atoms with Crippen LogP contribution in [0.25, 0.3) is 0 Å². The molecular formula is C16H22N4O2S. The quantitative estimate of drug-likeness (QED) is 0.749. The number of amides is 1. The van der Waals surface area contributed by atoms with Crippen molar-refractivity contribution in [2.75, 3.05) is 27.2 Å². The topological polar surface area (TPSA) is 67.3 Å². The molecule has 0 fully saturated rings. The minimum Gasteiger partial charge on any atom is -0.485 e. The summed E-state index contributed by atoms with van der Waals surface area (Å²) in [5.74, 6) is 0.626. The third kappa shape index (κ3) is 5.61. The lowest BCUT2D eigenvalue weighted by Gasteiger charge is -2.09. The van der Waals surface area contributed by atoms with Gasteiger partial charge in [0.25, 0.3) is 5.91 Å². The average molecular weight is 334 g/mol. The molecule has 23 heavy (non-hydrogen) atoms. The van der Waals surface area contributed by atoms with Crippen molar-refractivity contribution < 1.29 is 9.53 Å². The first kappa shape index (κ1) is 17.4. The minimum absolute atomic E-state index is 0.0635. The summed E-state index contributed by atoms with van der Waals surface area (Å²) in [6.07, 6.45) is 4.27. The maximum Gasteiger partial charge on any atom is 0.263 e. The summed E-state index contributed by atoms with van der Waals surface area (Å²) in [7, 11) is 4.04. The second kappa shape index (κ2) is 8.59. The molecule has 0 radical (unpaired) electrons. The third-order valence-corrected chi connectivity index (χ3v) is 4.24. The van der Waals surface area contributed by atoms with E-state index in [-0.39, 0.29) is 5.91 Å². The number of nitrogens with zero attached hydrogens (tertiary/aromatic N) is 3. The van der Waals surface area contributed by atoms with Crippen LogP contribution in [0, 0.1) is 6.92 Å². The first-order chi connectivity index (χ1) is 11.1. The molecule has 1 amide bonds. The first-order valence-electron chi connectivity index (χ1n) is 7.48. The SMILES string of the molecule is Cc1nc(COc2cccnc2)sc1C(=O)NCCCN(C)C. The van der Waals surface area contributed by atoms with Crippen LogP contribution < -0.4 is 10.1 Å². The Morgan fingerprint density at radius 3 is 2.96 bits per heavy atom. The summed E-state index contributed by atoms with van der Waals surface area (Å²) in [6, 6.07) is 3.65. The summed E-state index contributed by atoms with van der Waals surface area (Å²) < 4.78 is 5.61. The van der Waals surface area contributed by atoms with Gasteiger partial charge in [0.1, 0.15) is 22.2 Å². The van der Waals surface area contributed by atoms with Gasteiger partial charge < -0.3 is 15.0 Å². The van der Waals surface area contributed by atoms with Crippen LogP contribution in [0.15, 0.2) is 24.5 Å². The molecule has 0 saturated carbocycles. The highest BCUT2D eigenvalue weighted by atomic mass is 32.1. The summed E-state index contributed by atoms with van der Waals surface area (Å²) >= 11 is 1.37. The zero-order valence-electron chi connectivity index (χ0n) is 13.7. The van der Waals surface area contributed by atoms with E-state index < -0.39 is 0 Å². The molecule has 0 atom stereocenters. The number of carbonyl (C=O) groups excluding carboxylic acids is 1. The molecule has 2 aromatic heterocycles. The number of thiazole rings is 1. The van der Waals surface area contributed by atoms with Crippen molar-refractivity contribution >= 4 is 17.2 Å². The number of aryl methyl sites for hydroxylation is 1. The Hall–Kier alpha value is -1.99. The van der Waals surface area contributed by atoms with Gasteiger partial charge in [-0.2, -0.15) is 0 Å². The van der Waals surface area contributed by atoms with Crippen molar-refractivity contribution in [1.29, 1.82) is 0 Å². The Labute approximate surface area is 140 Å². The van der Waals surface area contributed by atoms with Crippen molar-refractivity contribution in [3.63, 3.8) is 0 Å². The highest BCUT2D eigenvalue weighted by Gasteiger charge is 2.15. The van der Waals surface area contributed by atoms with Crippen LogP contribution in [0.4, 0.5) is 0 Å². The van der Waals surface area contributed by atoms with E-state index in [0.29, 0.717) is 23.8 Å². The van der Waals surface area contributed by atoms with Crippen molar-refractivity contribution in [1.82, 2.24) is 20.2 Å². The van der Waals surface area contributed by atoms with E-state index in [0.717, 1.165) is 23.7 Å². The molecular weight excluding hydrogens is 312 g/mol. The lowest BCUT2D eigenvalue weighted by atomic mass is 10.3. The van der Waals surface area contributed by atoms with Crippen LogP contribution >= 0.6 is 11.3 Å². The average Bonchev–Trinajstić information content (AvgIpc) is 2.91. The molecule has 0 aliphatic carbocycles. The highest BCUT2D eigenvalue weighted by Crippen LogP contribution is 2.19. The molecule has 0 saturated heterocycles. The van der Waals surface area contributed by atoms with Gasteiger partial charge in [0.2, 0.25) is 0 Å². The molecule has 2 aromatic rings. The zero-order valence-corrected chi connectivity index (χ0v) is 14.5. The summed E-state index contributed by atoms with van der Waals surface area (Å²) in [5, 5.41) is 3.72. The van der Waals surface area contributed by atoms with Gasteiger partial charge in [-0.05, 0) is 46.1 Å². The fourth-order valence-corrected chi connectivity index (χ4v) is 2.87. The predicted octanol–water partition coefficient (Wildman–Crippen LogP) is 2.11. The summed E-state index contributed by atoms with van der Waals surface area (Å²) in [5.41, 5.74) is 0.741. The van der Waals surface area contributed by atoms with Gasteiger partial charge in [-0.25, -0.2) is 4.98 Å². The van der Waals surface area contributed by atoms with Crippen LogP contribution in [0.5, 0.6) is 5.75 Å². The van der Waals surface area contributed by atoms with Crippen LogP contribution in [0.1, 0.15) is 26.8 Å². The maximum absolute atomic E-state index is 12.2. The molecule has 2 heterocycles. The van der Waals surface area contributed by atoms with Crippen LogP contribution in [-0.2, 0) is 6.61 Å². The van der Waals surface area contributed by atoms with Crippen LogP contribution in [0.3, 0.4) is 0 Å². The van der Waals surface area contributed by atoms with E-state index in [1.165, 1.54) is 11.3 Å². The fraction of sp³-hybridized carbons (Fsp3) is 0.438. The number of aromatic nitrogens is 2. The molecule has 124 valence electrons. The molecule has 1 N–H and O–H groups in total. The molecule has 0 aliphatic heterocycles. The molecule has 0 aromatic carbocycles. The van der Waals surface area contributed by atoms with Crippen molar-refractivity contribution in [2.24, 2.45) is 0 Å². The Bertz CT molecular complexity index is 628. The van der Waals surface area contributed by atoms with Gasteiger partial charge >= 0.3 is 0 Å². The van der Waals surface area contributed by atoms with E-state index in [4.69, 9.17) is 4.74 Å². The first-order valence-corrected chi connectivity index (χ1v) is 8.30. The van der Waals surface area contributed by atoms with E-state index in [2.05, 4.69) is 20.2 Å². The van der Waals surface area contributed by atoms with E-state index >= 15 is 0 Å². The maximum atomic E-state index is 12.2. The zero-order chi connectivity index (χ0) is 16.7. The van der Waals surface area contributed by atoms with E-state index in [1.54, 1.807) is 12.4 Å². The van der Waals surface area contributed by atoms with Gasteiger partial charge in [-0.15, -0.1) is 11.3 Å². The van der Waals surface area contributed by atoms with Crippen LogP contribution in [0.2, 0.25) is 0 Å². The Morgan fingerprint density at radius 1 is 1.43 bits per heavy atom. The molecule has 0 unspecified atom stereocenters.